The van der Waals surface area contributed by atoms with Gasteiger partial charge in [-0.15, -0.1) is 0 Å². The number of aliphatic hydroxyl groups is 2. The number of amides is 1. The largest absolute Gasteiger partial charge is 0.468 e. The highest BCUT2D eigenvalue weighted by Gasteiger charge is 2.77. The lowest BCUT2D eigenvalue weighted by molar-refractivity contribution is -0.203. The van der Waals surface area contributed by atoms with Gasteiger partial charge in [-0.25, -0.2) is 14.5 Å². The Morgan fingerprint density at radius 1 is 1.00 bits per heavy atom. The number of ether oxygens (including phenoxy) is 5. The zero-order valence-electron chi connectivity index (χ0n) is 20.9. The van der Waals surface area contributed by atoms with Crippen molar-refractivity contribution in [1.29, 1.82) is 0 Å². The zero-order chi connectivity index (χ0) is 26.3. The maximum Gasteiger partial charge on any atom is 0.417 e. The van der Waals surface area contributed by atoms with Crippen LogP contribution in [0.25, 0.3) is 0 Å². The molecule has 12 heteroatoms. The van der Waals surface area contributed by atoms with Crippen LogP contribution >= 0.6 is 0 Å². The number of nitrogens with zero attached hydrogens (tertiary/aromatic N) is 2. The zero-order valence-corrected chi connectivity index (χ0v) is 20.9. The van der Waals surface area contributed by atoms with Crippen molar-refractivity contribution in [2.24, 2.45) is 11.3 Å². The van der Waals surface area contributed by atoms with Crippen molar-refractivity contribution in [3.05, 3.63) is 17.7 Å². The first-order valence-corrected chi connectivity index (χ1v) is 12.4. The summed E-state index contributed by atoms with van der Waals surface area (Å²) >= 11 is 0. The van der Waals surface area contributed by atoms with Gasteiger partial charge in [0.1, 0.15) is 11.1 Å². The number of rotatable bonds is 2. The summed E-state index contributed by atoms with van der Waals surface area (Å²) in [5.74, 6) is -1.94. The molecule has 37 heavy (non-hydrogen) atoms. The molecule has 3 fully saturated rings. The van der Waals surface area contributed by atoms with Crippen LogP contribution in [0.4, 0.5) is 10.5 Å². The molecule has 0 unspecified atom stereocenters. The molecule has 6 rings (SSSR count). The topological polar surface area (TPSA) is 144 Å². The molecule has 2 N–H and O–H groups in total. The summed E-state index contributed by atoms with van der Waals surface area (Å²) in [6, 6.07) is 2.90. The fourth-order valence-electron chi connectivity index (χ4n) is 8.14. The van der Waals surface area contributed by atoms with Gasteiger partial charge in [0.2, 0.25) is 6.79 Å². The lowest BCUT2D eigenvalue weighted by Gasteiger charge is -2.64. The Balaban J connectivity index is 1.71. The maximum atomic E-state index is 13.5. The average molecular weight is 519 g/mol. The number of piperidine rings is 1. The van der Waals surface area contributed by atoms with E-state index in [0.717, 1.165) is 19.1 Å². The van der Waals surface area contributed by atoms with Gasteiger partial charge >= 0.3 is 18.0 Å². The van der Waals surface area contributed by atoms with Crippen LogP contribution in [0, 0.1) is 11.3 Å². The van der Waals surface area contributed by atoms with Crippen LogP contribution in [0.2, 0.25) is 0 Å². The molecule has 0 aromatic heterocycles. The highest BCUT2D eigenvalue weighted by Crippen LogP contribution is 2.69. The summed E-state index contributed by atoms with van der Waals surface area (Å²) in [5, 5.41) is 23.7. The molecule has 0 radical (unpaired) electrons. The molecular weight excluding hydrogens is 488 g/mol. The van der Waals surface area contributed by atoms with Gasteiger partial charge in [0.25, 0.3) is 5.72 Å². The number of anilines is 1. The number of fused-ring (bicyclic) bond motifs is 3. The highest BCUT2D eigenvalue weighted by molar-refractivity contribution is 6.02. The molecule has 4 aliphatic heterocycles. The van der Waals surface area contributed by atoms with Gasteiger partial charge in [-0.05, 0) is 43.9 Å². The van der Waals surface area contributed by atoms with Crippen LogP contribution in [0.5, 0.6) is 11.5 Å². The van der Waals surface area contributed by atoms with Gasteiger partial charge in [0.15, 0.2) is 11.5 Å². The van der Waals surface area contributed by atoms with Gasteiger partial charge in [-0.1, -0.05) is 6.07 Å². The Morgan fingerprint density at radius 3 is 2.46 bits per heavy atom. The second-order valence-electron chi connectivity index (χ2n) is 10.4. The van der Waals surface area contributed by atoms with Crippen LogP contribution in [0.3, 0.4) is 0 Å². The fraction of sp³-hybridized carbons (Fsp3) is 0.640. The molecule has 1 aromatic carbocycles. The molecule has 1 aliphatic carbocycles. The van der Waals surface area contributed by atoms with E-state index in [1.165, 1.54) is 7.11 Å². The summed E-state index contributed by atoms with van der Waals surface area (Å²) in [6.07, 6.45) is -0.854. The third-order valence-corrected chi connectivity index (χ3v) is 9.38. The van der Waals surface area contributed by atoms with Crippen molar-refractivity contribution >= 4 is 23.7 Å². The Morgan fingerprint density at radius 2 is 1.76 bits per heavy atom. The number of hydrogen-bond acceptors (Lipinski definition) is 11. The summed E-state index contributed by atoms with van der Waals surface area (Å²) in [4.78, 5) is 43.4. The standard InChI is InChI=1S/C25H30N2O10/c1-33-20(29)24-8-6-15-23(9-11-26(19(23)24)10-7-16(24)28)13-4-5-14-18(37-12-36-14)17(13)27(22(31)35-3)25(15,32)21(30)34-2/h4-5,15-16,19,28,32H,6-12H2,1-3H3/t15-,16+,19-,23+,24+,25+/m1/s1. The van der Waals surface area contributed by atoms with E-state index in [0.29, 0.717) is 37.2 Å². The molecule has 0 bridgehead atoms. The molecule has 6 atom stereocenters. The first kappa shape index (κ1) is 24.3. The summed E-state index contributed by atoms with van der Waals surface area (Å²) < 4.78 is 26.8. The number of carbonyl (C=O) groups excluding carboxylic acids is 3. The van der Waals surface area contributed by atoms with Crippen molar-refractivity contribution in [2.75, 3.05) is 46.1 Å². The first-order chi connectivity index (χ1) is 17.7. The average Bonchev–Trinajstić information content (AvgIpc) is 3.55. The van der Waals surface area contributed by atoms with Crippen LogP contribution in [0.1, 0.15) is 31.2 Å². The number of methoxy groups -OCH3 is 3. The quantitative estimate of drug-likeness (QED) is 0.417. The van der Waals surface area contributed by atoms with E-state index < -0.39 is 52.7 Å². The van der Waals surface area contributed by atoms with E-state index in [1.54, 1.807) is 12.1 Å². The van der Waals surface area contributed by atoms with Gasteiger partial charge in [-0.2, -0.15) is 0 Å². The van der Waals surface area contributed by atoms with E-state index in [1.807, 2.05) is 0 Å². The predicted octanol–water partition coefficient (Wildman–Crippen LogP) is 0.509. The van der Waals surface area contributed by atoms with Crippen molar-refractivity contribution in [3.8, 4) is 11.5 Å². The van der Waals surface area contributed by atoms with Crippen LogP contribution in [-0.2, 0) is 29.2 Å². The molecule has 1 saturated carbocycles. The Kier molecular flexibility index (Phi) is 5.21. The van der Waals surface area contributed by atoms with E-state index in [9.17, 15) is 24.6 Å². The summed E-state index contributed by atoms with van der Waals surface area (Å²) in [7, 11) is 3.59. The third-order valence-electron chi connectivity index (χ3n) is 9.38. The first-order valence-electron chi connectivity index (χ1n) is 12.4. The maximum absolute atomic E-state index is 13.5. The Hall–Kier alpha value is -3.09. The van der Waals surface area contributed by atoms with Crippen LogP contribution in [0.15, 0.2) is 12.1 Å². The minimum Gasteiger partial charge on any atom is -0.468 e. The monoisotopic (exact) mass is 518 g/mol. The third kappa shape index (κ3) is 2.65. The van der Waals surface area contributed by atoms with Gasteiger partial charge < -0.3 is 33.9 Å². The summed E-state index contributed by atoms with van der Waals surface area (Å²) in [5.41, 5.74) is -4.09. The summed E-state index contributed by atoms with van der Waals surface area (Å²) in [6.45, 7) is 0.959. The molecule has 4 heterocycles. The number of aliphatic hydroxyl groups excluding tert-OH is 1. The minimum absolute atomic E-state index is 0.117. The lowest BCUT2D eigenvalue weighted by atomic mass is 9.46. The fourth-order valence-corrected chi connectivity index (χ4v) is 8.14. The van der Waals surface area contributed by atoms with Crippen molar-refractivity contribution in [3.63, 3.8) is 0 Å². The SMILES string of the molecule is COC(=O)N1c2c(ccc3c2OCO3)[C@@]23CCN4CC[C@H](O)[C@@](C(=O)OC)(CC[C@H]2[C@]1(O)C(=O)OC)[C@H]43. The van der Waals surface area contributed by atoms with Crippen molar-refractivity contribution < 1.29 is 48.3 Å². The lowest BCUT2D eigenvalue weighted by Crippen LogP contribution is -2.77. The van der Waals surface area contributed by atoms with Gasteiger partial charge in [0.05, 0.1) is 27.4 Å². The van der Waals surface area contributed by atoms with E-state index in [4.69, 9.17) is 23.7 Å². The van der Waals surface area contributed by atoms with E-state index >= 15 is 0 Å². The van der Waals surface area contributed by atoms with Gasteiger partial charge in [-0.3, -0.25) is 9.69 Å². The molecule has 200 valence electrons. The molecule has 1 amide bonds. The van der Waals surface area contributed by atoms with Crippen LogP contribution < -0.4 is 14.4 Å². The second-order valence-corrected chi connectivity index (χ2v) is 10.4. The van der Waals surface area contributed by atoms with Crippen LogP contribution in [-0.4, -0.2) is 92.2 Å². The van der Waals surface area contributed by atoms with Gasteiger partial charge in [0, 0.05) is 23.9 Å². The van der Waals surface area contributed by atoms with Crippen molar-refractivity contribution in [2.45, 2.75) is 49.0 Å². The Bertz CT molecular complexity index is 1190. The second kappa shape index (κ2) is 7.95. The normalized spacial score (nSPS) is 37.2. The van der Waals surface area contributed by atoms with E-state index in [2.05, 4.69) is 4.90 Å². The highest BCUT2D eigenvalue weighted by atomic mass is 16.7. The molecule has 1 aromatic rings. The number of hydrogen-bond donors (Lipinski definition) is 2. The molecular formula is C25H30N2O10. The number of esters is 2. The molecule has 2 saturated heterocycles. The van der Waals surface area contributed by atoms with Crippen molar-refractivity contribution in [1.82, 2.24) is 4.90 Å². The minimum atomic E-state index is -2.49. The number of carbonyl (C=O) groups is 3. The smallest absolute Gasteiger partial charge is 0.417 e. The predicted molar refractivity (Wildman–Crippen MR) is 124 cm³/mol. The van der Waals surface area contributed by atoms with E-state index in [-0.39, 0.29) is 31.1 Å². The Labute approximate surface area is 212 Å². The molecule has 5 aliphatic rings. The number of benzene rings is 1. The molecule has 1 spiro atoms. The molecule has 12 nitrogen and oxygen atoms in total.